The number of nitrogens with one attached hydrogen (secondary N) is 2. The first-order chi connectivity index (χ1) is 11.0. The third-order valence-corrected chi connectivity index (χ3v) is 2.99. The van der Waals surface area contributed by atoms with E-state index in [1.165, 1.54) is 12.1 Å². The van der Waals surface area contributed by atoms with Crippen LogP contribution in [0.4, 0.5) is 11.4 Å². The summed E-state index contributed by atoms with van der Waals surface area (Å²) in [6.45, 7) is 0. The van der Waals surface area contributed by atoms with Crippen molar-refractivity contribution in [2.24, 2.45) is 0 Å². The van der Waals surface area contributed by atoms with Gasteiger partial charge in [-0.3, -0.25) is 4.79 Å². The predicted octanol–water partition coefficient (Wildman–Crippen LogP) is 1.34. The van der Waals surface area contributed by atoms with Crippen molar-refractivity contribution in [3.63, 3.8) is 0 Å². The smallest absolute Gasteiger partial charge is 0.328 e. The normalized spacial score (nSPS) is 12.1. The van der Waals surface area contributed by atoms with E-state index >= 15 is 0 Å². The molecule has 7 heteroatoms. The van der Waals surface area contributed by atoms with E-state index in [0.29, 0.717) is 5.69 Å². The molecule has 2 aromatic rings. The van der Waals surface area contributed by atoms with Gasteiger partial charge in [0.15, 0.2) is 5.69 Å². The van der Waals surface area contributed by atoms with Gasteiger partial charge in [0.1, 0.15) is 0 Å². The lowest BCUT2D eigenvalue weighted by molar-refractivity contribution is -0.991. The van der Waals surface area contributed by atoms with Gasteiger partial charge in [-0.05, 0) is 35.4 Å². The highest BCUT2D eigenvalue weighted by molar-refractivity contribution is 6.02. The lowest BCUT2D eigenvalue weighted by Gasteiger charge is -2.11. The van der Waals surface area contributed by atoms with Gasteiger partial charge in [-0.1, -0.05) is 12.1 Å². The lowest BCUT2D eigenvalue weighted by atomic mass is 10.1. The largest absolute Gasteiger partial charge is 0.595 e. The molecule has 0 saturated heterocycles. The van der Waals surface area contributed by atoms with Crippen molar-refractivity contribution in [1.82, 2.24) is 0 Å². The highest BCUT2D eigenvalue weighted by Crippen LogP contribution is 2.22. The summed E-state index contributed by atoms with van der Waals surface area (Å²) in [6, 6.07) is 13.3. The Morgan fingerprint density at radius 3 is 1.96 bits per heavy atom. The van der Waals surface area contributed by atoms with Crippen molar-refractivity contribution in [3.8, 4) is 11.1 Å². The summed E-state index contributed by atoms with van der Waals surface area (Å²) in [4.78, 5) is 21.8. The number of hydrogen-bond acceptors (Lipinski definition) is 4. The Hall–Kier alpha value is -3.00. The Labute approximate surface area is 131 Å². The average molecular weight is 314 g/mol. The minimum atomic E-state index is -1.19. The molecular formula is C16H14N2O5. The molecule has 1 amide bonds. The zero-order chi connectivity index (χ0) is 16.8. The second-order valence-corrected chi connectivity index (χ2v) is 4.62. The summed E-state index contributed by atoms with van der Waals surface area (Å²) < 4.78 is 0. The van der Waals surface area contributed by atoms with E-state index in [1.54, 1.807) is 36.4 Å². The van der Waals surface area contributed by atoms with Crippen molar-refractivity contribution in [1.29, 1.82) is 0 Å². The summed E-state index contributed by atoms with van der Waals surface area (Å²) in [5.41, 5.74) is 2.44. The summed E-state index contributed by atoms with van der Waals surface area (Å²) in [5, 5.41) is 29.7. The molecular weight excluding hydrogens is 300 g/mol. The molecule has 0 aliphatic rings. The number of carboxylic acids is 1. The van der Waals surface area contributed by atoms with Gasteiger partial charge in [0, 0.05) is 30.0 Å². The van der Waals surface area contributed by atoms with E-state index in [4.69, 9.17) is 10.3 Å². The molecule has 2 rings (SSSR count). The summed E-state index contributed by atoms with van der Waals surface area (Å²) in [7, 11) is 0. The van der Waals surface area contributed by atoms with Crippen LogP contribution in [-0.2, 0) is 9.59 Å². The minimum Gasteiger partial charge on any atom is -0.595 e. The van der Waals surface area contributed by atoms with Gasteiger partial charge < -0.3 is 15.6 Å². The first-order valence-corrected chi connectivity index (χ1v) is 6.61. The second-order valence-electron chi connectivity index (χ2n) is 4.62. The SMILES string of the molecule is O=C(O)C=CC(=O)Nc1ccc(-c2ccc([NH+]([O-])O)cc2)cc1. The molecule has 7 nitrogen and oxygen atoms in total. The minimum absolute atomic E-state index is 0.211. The molecule has 0 bridgehead atoms. The standard InChI is InChI=1S/C16H14N2O5/c19-15(9-10-16(20)21)17-13-5-1-11(2-6-13)12-3-7-14(8-4-12)18(22)23/h1-10,18,22H,(H,17,19)(H,20,21). The number of carboxylic acid groups (broad SMARTS) is 1. The molecule has 0 aromatic heterocycles. The van der Waals surface area contributed by atoms with Crippen LogP contribution in [0.15, 0.2) is 60.7 Å². The highest BCUT2D eigenvalue weighted by Gasteiger charge is 2.03. The molecule has 0 aliphatic heterocycles. The van der Waals surface area contributed by atoms with E-state index in [9.17, 15) is 14.8 Å². The lowest BCUT2D eigenvalue weighted by Crippen LogP contribution is -2.99. The van der Waals surface area contributed by atoms with E-state index in [-0.39, 0.29) is 5.69 Å². The quantitative estimate of drug-likeness (QED) is 0.491. The summed E-state index contributed by atoms with van der Waals surface area (Å²) >= 11 is 0. The van der Waals surface area contributed by atoms with Crippen LogP contribution in [0.1, 0.15) is 0 Å². The average Bonchev–Trinajstić information content (AvgIpc) is 2.54. The Morgan fingerprint density at radius 1 is 0.957 bits per heavy atom. The van der Waals surface area contributed by atoms with E-state index in [0.717, 1.165) is 23.3 Å². The molecule has 23 heavy (non-hydrogen) atoms. The fourth-order valence-corrected chi connectivity index (χ4v) is 1.88. The first-order valence-electron chi connectivity index (χ1n) is 6.61. The molecule has 1 atom stereocenters. The van der Waals surface area contributed by atoms with Crippen molar-refractivity contribution in [2.75, 3.05) is 5.32 Å². The maximum atomic E-state index is 11.5. The van der Waals surface area contributed by atoms with Crippen molar-refractivity contribution < 1.29 is 25.1 Å². The monoisotopic (exact) mass is 314 g/mol. The Morgan fingerprint density at radius 2 is 1.48 bits per heavy atom. The maximum absolute atomic E-state index is 11.5. The third-order valence-electron chi connectivity index (χ3n) is 2.99. The number of hydrogen-bond donors (Lipinski definition) is 4. The number of anilines is 1. The topological polar surface area (TPSA) is 114 Å². The van der Waals surface area contributed by atoms with Crippen LogP contribution in [0.3, 0.4) is 0 Å². The van der Waals surface area contributed by atoms with E-state index in [2.05, 4.69) is 5.32 Å². The summed E-state index contributed by atoms with van der Waals surface area (Å²) in [6.07, 6.45) is 1.69. The van der Waals surface area contributed by atoms with Crippen LogP contribution in [0.2, 0.25) is 0 Å². The van der Waals surface area contributed by atoms with E-state index in [1.807, 2.05) is 0 Å². The fraction of sp³-hybridized carbons (Fsp3) is 0. The predicted molar refractivity (Wildman–Crippen MR) is 83.1 cm³/mol. The molecule has 0 saturated carbocycles. The molecule has 1 unspecified atom stereocenters. The second kappa shape index (κ2) is 7.32. The van der Waals surface area contributed by atoms with Crippen molar-refractivity contribution in [3.05, 3.63) is 65.9 Å². The van der Waals surface area contributed by atoms with Crippen LogP contribution in [0, 0.1) is 5.21 Å². The van der Waals surface area contributed by atoms with Crippen molar-refractivity contribution >= 4 is 23.3 Å². The number of carbonyl (C=O) groups excluding carboxylic acids is 1. The van der Waals surface area contributed by atoms with Gasteiger partial charge in [0.25, 0.3) is 0 Å². The molecule has 0 spiro atoms. The zero-order valence-electron chi connectivity index (χ0n) is 11.9. The van der Waals surface area contributed by atoms with Crippen LogP contribution in [-0.4, -0.2) is 22.2 Å². The zero-order valence-corrected chi connectivity index (χ0v) is 11.9. The molecule has 2 aromatic carbocycles. The molecule has 4 N–H and O–H groups in total. The highest BCUT2D eigenvalue weighted by atomic mass is 16.8. The number of quaternary nitrogens is 1. The number of amides is 1. The molecule has 0 heterocycles. The first kappa shape index (κ1) is 16.4. The van der Waals surface area contributed by atoms with Crippen molar-refractivity contribution in [2.45, 2.75) is 0 Å². The van der Waals surface area contributed by atoms with Gasteiger partial charge >= 0.3 is 5.97 Å². The maximum Gasteiger partial charge on any atom is 0.328 e. The van der Waals surface area contributed by atoms with Gasteiger partial charge in [0.2, 0.25) is 5.91 Å². The van der Waals surface area contributed by atoms with E-state index < -0.39 is 17.1 Å². The Bertz CT molecular complexity index is 721. The van der Waals surface area contributed by atoms with Gasteiger partial charge in [-0.2, -0.15) is 5.23 Å². The van der Waals surface area contributed by atoms with Crippen LogP contribution in [0.5, 0.6) is 0 Å². The number of benzene rings is 2. The van der Waals surface area contributed by atoms with Gasteiger partial charge in [-0.25, -0.2) is 10.0 Å². The number of carbonyl (C=O) groups is 2. The number of aliphatic carboxylic acids is 1. The molecule has 0 aliphatic carbocycles. The number of rotatable bonds is 5. The molecule has 118 valence electrons. The fourth-order valence-electron chi connectivity index (χ4n) is 1.88. The van der Waals surface area contributed by atoms with Crippen LogP contribution >= 0.6 is 0 Å². The molecule has 0 fully saturated rings. The van der Waals surface area contributed by atoms with Gasteiger partial charge in [-0.15, -0.1) is 0 Å². The van der Waals surface area contributed by atoms with Gasteiger partial charge in [0.05, 0.1) is 0 Å². The van der Waals surface area contributed by atoms with Crippen LogP contribution < -0.4 is 10.5 Å². The summed E-state index contributed by atoms with van der Waals surface area (Å²) in [5.74, 6) is -1.73. The Kier molecular flexibility index (Phi) is 5.21. The van der Waals surface area contributed by atoms with Crippen LogP contribution in [0.25, 0.3) is 11.1 Å². The Balaban J connectivity index is 2.07. The third kappa shape index (κ3) is 4.75. The molecule has 0 radical (unpaired) electrons.